The Morgan fingerprint density at radius 2 is 2.29 bits per heavy atom. The summed E-state index contributed by atoms with van der Waals surface area (Å²) in [6.07, 6.45) is 1.53. The lowest BCUT2D eigenvalue weighted by molar-refractivity contribution is 0.615. The van der Waals surface area contributed by atoms with Gasteiger partial charge in [-0.25, -0.2) is 9.49 Å². The van der Waals surface area contributed by atoms with Gasteiger partial charge >= 0.3 is 0 Å². The standard InChI is InChI=1S/C15H12FN5OS2/c1-8-3-9(5-17)10(11(16)4-8)7-23-15-20-21(2)12-6-18-19-14(22)13(12)24-15/h3-4,6H,7H2,1-2H3,(H,19,22). The molecule has 0 bridgehead atoms. The van der Waals surface area contributed by atoms with Gasteiger partial charge in [-0.1, -0.05) is 23.5 Å². The molecule has 0 atom stereocenters. The number of hydrogen-bond donors (Lipinski definition) is 1. The minimum absolute atomic E-state index is 0.257. The molecule has 2 aromatic rings. The number of anilines is 1. The van der Waals surface area contributed by atoms with Crippen LogP contribution in [-0.2, 0) is 5.75 Å². The number of aromatic nitrogens is 2. The van der Waals surface area contributed by atoms with E-state index in [0.717, 1.165) is 0 Å². The van der Waals surface area contributed by atoms with E-state index in [4.69, 9.17) is 0 Å². The Bertz CT molecular complexity index is 934. The van der Waals surface area contributed by atoms with Gasteiger partial charge in [0.15, 0.2) is 4.38 Å². The minimum Gasteiger partial charge on any atom is -0.267 e. The molecule has 1 aliphatic heterocycles. The molecule has 0 spiro atoms. The van der Waals surface area contributed by atoms with Crippen LogP contribution in [0.4, 0.5) is 10.1 Å². The van der Waals surface area contributed by atoms with Gasteiger partial charge in [-0.2, -0.15) is 15.5 Å². The van der Waals surface area contributed by atoms with Gasteiger partial charge in [-0.15, -0.1) is 0 Å². The highest BCUT2D eigenvalue weighted by Crippen LogP contribution is 2.36. The fraction of sp³-hybridized carbons (Fsp3) is 0.200. The Hall–Kier alpha value is -2.31. The lowest BCUT2D eigenvalue weighted by Gasteiger charge is -2.22. The number of aryl methyl sites for hydroxylation is 1. The van der Waals surface area contributed by atoms with Crippen LogP contribution < -0.4 is 10.6 Å². The molecule has 1 N–H and O–H groups in total. The number of nitrogens with one attached hydrogen (secondary N) is 1. The van der Waals surface area contributed by atoms with Gasteiger partial charge in [0, 0.05) is 18.4 Å². The van der Waals surface area contributed by atoms with Crippen LogP contribution in [-0.4, -0.2) is 21.6 Å². The zero-order valence-corrected chi connectivity index (χ0v) is 14.5. The SMILES string of the molecule is Cc1cc(F)c(CSC2=NN(C)c3cn[nH]c(=O)c3S2)c(C#N)c1. The highest BCUT2D eigenvalue weighted by atomic mass is 32.2. The molecular formula is C15H12FN5OS2. The first-order valence-corrected chi connectivity index (χ1v) is 8.69. The molecule has 1 aromatic heterocycles. The lowest BCUT2D eigenvalue weighted by atomic mass is 10.1. The predicted molar refractivity (Wildman–Crippen MR) is 93.7 cm³/mol. The highest BCUT2D eigenvalue weighted by molar-refractivity contribution is 8.38. The van der Waals surface area contributed by atoms with Crippen molar-refractivity contribution in [3.8, 4) is 6.07 Å². The molecule has 0 aliphatic carbocycles. The van der Waals surface area contributed by atoms with Crippen molar-refractivity contribution in [2.24, 2.45) is 5.10 Å². The Labute approximate surface area is 145 Å². The summed E-state index contributed by atoms with van der Waals surface area (Å²) in [5.74, 6) is -0.149. The monoisotopic (exact) mass is 361 g/mol. The second kappa shape index (κ2) is 6.67. The average Bonchev–Trinajstić information content (AvgIpc) is 2.54. The number of hydrazone groups is 1. The van der Waals surface area contributed by atoms with Crippen LogP contribution in [0.1, 0.15) is 16.7 Å². The third-order valence-corrected chi connectivity index (χ3v) is 5.58. The quantitative estimate of drug-likeness (QED) is 0.885. The molecule has 0 unspecified atom stereocenters. The van der Waals surface area contributed by atoms with Crippen molar-refractivity contribution < 1.29 is 4.39 Å². The molecule has 9 heteroatoms. The topological polar surface area (TPSA) is 85.1 Å². The summed E-state index contributed by atoms with van der Waals surface area (Å²) in [6, 6.07) is 5.09. The van der Waals surface area contributed by atoms with E-state index in [1.807, 2.05) is 6.07 Å². The molecule has 0 radical (unpaired) electrons. The van der Waals surface area contributed by atoms with Crippen molar-refractivity contribution in [1.82, 2.24) is 10.2 Å². The summed E-state index contributed by atoms with van der Waals surface area (Å²) in [5.41, 5.74) is 1.68. The minimum atomic E-state index is -0.406. The molecular weight excluding hydrogens is 349 g/mol. The van der Waals surface area contributed by atoms with Crippen LogP contribution in [0.2, 0.25) is 0 Å². The van der Waals surface area contributed by atoms with Crippen molar-refractivity contribution in [3.63, 3.8) is 0 Å². The summed E-state index contributed by atoms with van der Waals surface area (Å²) in [4.78, 5) is 12.4. The van der Waals surface area contributed by atoms with Gasteiger partial charge in [-0.05, 0) is 24.6 Å². The van der Waals surface area contributed by atoms with E-state index >= 15 is 0 Å². The molecule has 2 heterocycles. The zero-order valence-electron chi connectivity index (χ0n) is 12.8. The molecule has 0 amide bonds. The Balaban J connectivity index is 1.83. The number of benzene rings is 1. The van der Waals surface area contributed by atoms with Crippen LogP contribution in [0.25, 0.3) is 0 Å². The first-order valence-electron chi connectivity index (χ1n) is 6.89. The summed E-state index contributed by atoms with van der Waals surface area (Å²) >= 11 is 2.49. The summed E-state index contributed by atoms with van der Waals surface area (Å²) in [5, 5.41) is 21.3. The number of fused-ring (bicyclic) bond motifs is 1. The van der Waals surface area contributed by atoms with Gasteiger partial charge in [0.2, 0.25) is 0 Å². The van der Waals surface area contributed by atoms with Crippen LogP contribution in [0.15, 0.2) is 33.1 Å². The van der Waals surface area contributed by atoms with Gasteiger partial charge < -0.3 is 0 Å². The molecule has 1 aromatic carbocycles. The molecule has 0 saturated carbocycles. The molecule has 24 heavy (non-hydrogen) atoms. The van der Waals surface area contributed by atoms with Crippen LogP contribution >= 0.6 is 23.5 Å². The molecule has 3 rings (SSSR count). The molecule has 0 saturated heterocycles. The maximum atomic E-state index is 14.1. The summed E-state index contributed by atoms with van der Waals surface area (Å²) in [6.45, 7) is 1.74. The number of rotatable bonds is 2. The van der Waals surface area contributed by atoms with Crippen LogP contribution in [0.3, 0.4) is 0 Å². The highest BCUT2D eigenvalue weighted by Gasteiger charge is 2.22. The van der Waals surface area contributed by atoms with E-state index in [1.165, 1.54) is 35.8 Å². The zero-order chi connectivity index (χ0) is 17.3. The largest absolute Gasteiger partial charge is 0.280 e. The van der Waals surface area contributed by atoms with E-state index in [9.17, 15) is 14.4 Å². The van der Waals surface area contributed by atoms with E-state index in [1.54, 1.807) is 25.0 Å². The first-order chi connectivity index (χ1) is 11.5. The van der Waals surface area contributed by atoms with Gasteiger partial charge in [0.1, 0.15) is 10.7 Å². The first kappa shape index (κ1) is 16.5. The number of nitrogens with zero attached hydrogens (tertiary/aromatic N) is 4. The third kappa shape index (κ3) is 3.16. The van der Waals surface area contributed by atoms with Crippen molar-refractivity contribution in [2.75, 3.05) is 12.1 Å². The van der Waals surface area contributed by atoms with E-state index in [2.05, 4.69) is 15.3 Å². The smallest absolute Gasteiger partial charge is 0.267 e. The molecule has 1 aliphatic rings. The maximum absolute atomic E-state index is 14.1. The predicted octanol–water partition coefficient (Wildman–Crippen LogP) is 2.84. The Morgan fingerprint density at radius 3 is 3.04 bits per heavy atom. The maximum Gasteiger partial charge on any atom is 0.280 e. The second-order valence-electron chi connectivity index (χ2n) is 5.08. The van der Waals surface area contributed by atoms with Gasteiger partial charge in [0.25, 0.3) is 5.56 Å². The average molecular weight is 361 g/mol. The molecule has 6 nitrogen and oxygen atoms in total. The fourth-order valence-electron chi connectivity index (χ4n) is 2.20. The summed E-state index contributed by atoms with van der Waals surface area (Å²) in [7, 11) is 1.72. The van der Waals surface area contributed by atoms with Gasteiger partial charge in [-0.3, -0.25) is 9.80 Å². The van der Waals surface area contributed by atoms with Crippen LogP contribution in [0, 0.1) is 24.1 Å². The van der Waals surface area contributed by atoms with Crippen molar-refractivity contribution >= 4 is 33.6 Å². The number of nitriles is 1. The molecule has 0 fully saturated rings. The van der Waals surface area contributed by atoms with E-state index in [0.29, 0.717) is 31.6 Å². The second-order valence-corrected chi connectivity index (χ2v) is 7.30. The Morgan fingerprint density at radius 1 is 1.50 bits per heavy atom. The van der Waals surface area contributed by atoms with E-state index < -0.39 is 5.82 Å². The summed E-state index contributed by atoms with van der Waals surface area (Å²) < 4.78 is 14.7. The normalized spacial score (nSPS) is 13.2. The number of hydrogen-bond acceptors (Lipinski definition) is 7. The van der Waals surface area contributed by atoms with Crippen molar-refractivity contribution in [1.29, 1.82) is 5.26 Å². The van der Waals surface area contributed by atoms with Crippen molar-refractivity contribution in [3.05, 3.63) is 51.2 Å². The van der Waals surface area contributed by atoms with Crippen molar-refractivity contribution in [2.45, 2.75) is 17.6 Å². The number of aromatic amines is 1. The van der Waals surface area contributed by atoms with E-state index in [-0.39, 0.29) is 11.3 Å². The number of halogens is 1. The van der Waals surface area contributed by atoms with Gasteiger partial charge in [0.05, 0.1) is 23.5 Å². The Kier molecular flexibility index (Phi) is 4.59. The third-order valence-electron chi connectivity index (χ3n) is 3.36. The lowest BCUT2D eigenvalue weighted by Crippen LogP contribution is -2.22. The fourth-order valence-corrected chi connectivity index (χ4v) is 4.37. The van der Waals surface area contributed by atoms with Crippen LogP contribution in [0.5, 0.6) is 0 Å². The number of thioether (sulfide) groups is 2. The number of H-pyrrole nitrogens is 1. The molecule has 122 valence electrons.